The van der Waals surface area contributed by atoms with Gasteiger partial charge in [-0.1, -0.05) is 224 Å². The number of aliphatic hydroxyl groups is 2. The fourth-order valence-corrected chi connectivity index (χ4v) is 7.95. The second-order valence-electron chi connectivity index (χ2n) is 17.9. The van der Waals surface area contributed by atoms with Gasteiger partial charge in [-0.25, -0.2) is 0 Å². The third-order valence-corrected chi connectivity index (χ3v) is 12.0. The molecule has 0 rings (SSSR count). The number of allylic oxidation sites excluding steroid dienone is 6. The zero-order valence-electron chi connectivity index (χ0n) is 40.1. The minimum absolute atomic E-state index is 0.0433. The first-order valence-corrected chi connectivity index (χ1v) is 26.2. The lowest BCUT2D eigenvalue weighted by Gasteiger charge is -2.24. The van der Waals surface area contributed by atoms with Gasteiger partial charge < -0.3 is 20.3 Å². The highest BCUT2D eigenvalue weighted by molar-refractivity contribution is 5.77. The third kappa shape index (κ3) is 42.8. The van der Waals surface area contributed by atoms with Crippen LogP contribution in [0.15, 0.2) is 36.5 Å². The van der Waals surface area contributed by atoms with Crippen molar-refractivity contribution in [1.82, 2.24) is 5.32 Å². The summed E-state index contributed by atoms with van der Waals surface area (Å²) in [5, 5.41) is 23.7. The molecule has 3 unspecified atom stereocenters. The maximum absolute atomic E-state index is 13.2. The molecule has 6 nitrogen and oxygen atoms in total. The Morgan fingerprint density at radius 3 is 1.32 bits per heavy atom. The maximum atomic E-state index is 13.2. The number of ether oxygens (including phenoxy) is 1. The van der Waals surface area contributed by atoms with Crippen LogP contribution in [0.25, 0.3) is 0 Å². The van der Waals surface area contributed by atoms with Crippen molar-refractivity contribution in [1.29, 1.82) is 0 Å². The highest BCUT2D eigenvalue weighted by Gasteiger charge is 2.24. The topological polar surface area (TPSA) is 95.9 Å². The van der Waals surface area contributed by atoms with E-state index in [4.69, 9.17) is 4.74 Å². The lowest BCUT2D eigenvalue weighted by molar-refractivity contribution is -0.151. The fourth-order valence-electron chi connectivity index (χ4n) is 7.95. The molecule has 0 saturated heterocycles. The van der Waals surface area contributed by atoms with E-state index in [9.17, 15) is 19.8 Å². The van der Waals surface area contributed by atoms with E-state index in [1.165, 1.54) is 161 Å². The van der Waals surface area contributed by atoms with E-state index in [0.717, 1.165) is 64.2 Å². The van der Waals surface area contributed by atoms with Gasteiger partial charge in [-0.05, 0) is 70.6 Å². The molecular formula is C54H101NO5. The van der Waals surface area contributed by atoms with Gasteiger partial charge in [0, 0.05) is 6.42 Å². The molecular weight excluding hydrogens is 743 g/mol. The first kappa shape index (κ1) is 58.1. The molecule has 1 amide bonds. The summed E-state index contributed by atoms with van der Waals surface area (Å²) in [7, 11) is 0. The Kier molecular flexibility index (Phi) is 46.6. The highest BCUT2D eigenvalue weighted by Crippen LogP contribution is 2.17. The first-order chi connectivity index (χ1) is 29.5. The van der Waals surface area contributed by atoms with Gasteiger partial charge in [0.2, 0.25) is 5.91 Å². The zero-order chi connectivity index (χ0) is 43.8. The molecule has 0 aliphatic rings. The Hall–Kier alpha value is -1.92. The van der Waals surface area contributed by atoms with Crippen LogP contribution in [0.1, 0.15) is 271 Å². The van der Waals surface area contributed by atoms with E-state index in [2.05, 4.69) is 62.5 Å². The normalized spacial score (nSPS) is 13.5. The SMILES string of the molecule is CCCCCCCCC/C=C/C=C/CCCC(CC(=O)NC(CO)C(O)CCCCCCCCCCC)OC(=O)CCCCCCC/C=C/CCCCCCCCCCC. The number of carbonyl (C=O) groups is 2. The summed E-state index contributed by atoms with van der Waals surface area (Å²) >= 11 is 0. The first-order valence-electron chi connectivity index (χ1n) is 26.2. The van der Waals surface area contributed by atoms with Gasteiger partial charge in [-0.3, -0.25) is 9.59 Å². The molecule has 3 atom stereocenters. The van der Waals surface area contributed by atoms with Crippen LogP contribution in [-0.2, 0) is 14.3 Å². The maximum Gasteiger partial charge on any atom is 0.306 e. The van der Waals surface area contributed by atoms with Gasteiger partial charge in [0.15, 0.2) is 0 Å². The molecule has 6 heteroatoms. The Labute approximate surface area is 373 Å². The predicted molar refractivity (Wildman–Crippen MR) is 259 cm³/mol. The van der Waals surface area contributed by atoms with Crippen molar-refractivity contribution in [3.63, 3.8) is 0 Å². The van der Waals surface area contributed by atoms with Crippen LogP contribution in [0, 0.1) is 0 Å². The lowest BCUT2D eigenvalue weighted by atomic mass is 10.0. The minimum atomic E-state index is -0.797. The van der Waals surface area contributed by atoms with Crippen LogP contribution in [-0.4, -0.2) is 46.9 Å². The second kappa shape index (κ2) is 48.1. The molecule has 60 heavy (non-hydrogen) atoms. The fraction of sp³-hybridized carbons (Fsp3) is 0.852. The summed E-state index contributed by atoms with van der Waals surface area (Å²) < 4.78 is 5.90. The van der Waals surface area contributed by atoms with Crippen LogP contribution in [0.4, 0.5) is 0 Å². The quantitative estimate of drug-likeness (QED) is 0.0245. The van der Waals surface area contributed by atoms with Crippen LogP contribution < -0.4 is 5.32 Å². The number of carbonyl (C=O) groups excluding carboxylic acids is 2. The molecule has 0 aromatic rings. The summed E-state index contributed by atoms with van der Waals surface area (Å²) in [6, 6.07) is -0.714. The molecule has 0 fully saturated rings. The summed E-state index contributed by atoms with van der Waals surface area (Å²) in [5.74, 6) is -0.524. The summed E-state index contributed by atoms with van der Waals surface area (Å²) in [6.45, 7) is 6.45. The number of unbranched alkanes of at least 4 members (excludes halogenated alkanes) is 30. The number of aliphatic hydroxyl groups excluding tert-OH is 2. The summed E-state index contributed by atoms with van der Waals surface area (Å²) in [4.78, 5) is 26.1. The highest BCUT2D eigenvalue weighted by atomic mass is 16.5. The van der Waals surface area contributed by atoms with Crippen molar-refractivity contribution in [3.05, 3.63) is 36.5 Å². The largest absolute Gasteiger partial charge is 0.462 e. The molecule has 0 aromatic carbocycles. The number of nitrogens with one attached hydrogen (secondary N) is 1. The molecule has 0 aliphatic heterocycles. The molecule has 0 heterocycles. The summed E-state index contributed by atoms with van der Waals surface area (Å²) in [6.07, 6.45) is 56.5. The van der Waals surface area contributed by atoms with E-state index in [1.54, 1.807) is 0 Å². The van der Waals surface area contributed by atoms with Gasteiger partial charge in [0.1, 0.15) is 6.10 Å². The zero-order valence-corrected chi connectivity index (χ0v) is 40.1. The van der Waals surface area contributed by atoms with Gasteiger partial charge in [-0.2, -0.15) is 0 Å². The molecule has 0 radical (unpaired) electrons. The van der Waals surface area contributed by atoms with Crippen molar-refractivity contribution in [2.45, 2.75) is 289 Å². The molecule has 0 spiro atoms. The van der Waals surface area contributed by atoms with Gasteiger partial charge in [0.05, 0.1) is 25.2 Å². The molecule has 0 aliphatic carbocycles. The Bertz CT molecular complexity index is 993. The number of rotatable bonds is 47. The van der Waals surface area contributed by atoms with Crippen molar-refractivity contribution in [2.75, 3.05) is 6.61 Å². The predicted octanol–water partition coefficient (Wildman–Crippen LogP) is 15.7. The molecule has 352 valence electrons. The monoisotopic (exact) mass is 844 g/mol. The second-order valence-corrected chi connectivity index (χ2v) is 17.9. The van der Waals surface area contributed by atoms with Crippen molar-refractivity contribution < 1.29 is 24.5 Å². The van der Waals surface area contributed by atoms with Crippen molar-refractivity contribution in [2.24, 2.45) is 0 Å². The van der Waals surface area contributed by atoms with Crippen LogP contribution >= 0.6 is 0 Å². The van der Waals surface area contributed by atoms with E-state index in [1.807, 2.05) is 0 Å². The van der Waals surface area contributed by atoms with Crippen molar-refractivity contribution >= 4 is 11.9 Å². The lowest BCUT2D eigenvalue weighted by Crippen LogP contribution is -2.46. The molecule has 0 bridgehead atoms. The number of esters is 1. The van der Waals surface area contributed by atoms with Crippen LogP contribution in [0.2, 0.25) is 0 Å². The minimum Gasteiger partial charge on any atom is -0.462 e. The van der Waals surface area contributed by atoms with Crippen LogP contribution in [0.5, 0.6) is 0 Å². The molecule has 3 N–H and O–H groups in total. The molecule has 0 aromatic heterocycles. The van der Waals surface area contributed by atoms with E-state index >= 15 is 0 Å². The van der Waals surface area contributed by atoms with E-state index in [0.29, 0.717) is 19.3 Å². The van der Waals surface area contributed by atoms with Gasteiger partial charge in [0.25, 0.3) is 0 Å². The smallest absolute Gasteiger partial charge is 0.306 e. The van der Waals surface area contributed by atoms with Crippen LogP contribution in [0.3, 0.4) is 0 Å². The van der Waals surface area contributed by atoms with E-state index < -0.39 is 18.2 Å². The Balaban J connectivity index is 4.59. The number of hydrogen-bond acceptors (Lipinski definition) is 5. The summed E-state index contributed by atoms with van der Waals surface area (Å²) in [5.41, 5.74) is 0. The van der Waals surface area contributed by atoms with Gasteiger partial charge in [-0.15, -0.1) is 0 Å². The standard InChI is InChI=1S/C54H101NO5/c1-4-7-10-13-16-19-21-23-25-26-27-28-30-32-35-38-41-44-47-54(59)60-50(45-42-39-36-34-31-29-24-22-20-17-14-11-8-5-2)48-53(58)55-51(49-56)52(57)46-43-40-37-33-18-15-12-9-6-3/h27-29,31,34,36,50-52,56-57H,4-26,30,32-33,35,37-49H2,1-3H3,(H,55,58)/b28-27+,31-29+,36-34+. The Morgan fingerprint density at radius 2 is 0.867 bits per heavy atom. The molecule has 0 saturated carbocycles. The third-order valence-electron chi connectivity index (χ3n) is 12.0. The van der Waals surface area contributed by atoms with Crippen molar-refractivity contribution in [3.8, 4) is 0 Å². The number of amides is 1. The average Bonchev–Trinajstić information content (AvgIpc) is 3.24. The van der Waals surface area contributed by atoms with Gasteiger partial charge >= 0.3 is 5.97 Å². The number of hydrogen-bond donors (Lipinski definition) is 3. The average molecular weight is 844 g/mol. The Morgan fingerprint density at radius 1 is 0.483 bits per heavy atom. The van der Waals surface area contributed by atoms with E-state index in [-0.39, 0.29) is 24.9 Å².